The van der Waals surface area contributed by atoms with E-state index in [0.29, 0.717) is 19.4 Å². The van der Waals surface area contributed by atoms with Crippen LogP contribution in [0.25, 0.3) is 0 Å². The number of hydrogen-bond donors (Lipinski definition) is 1. The molecule has 5 rings (SSSR count). The third-order valence-electron chi connectivity index (χ3n) is 6.49. The van der Waals surface area contributed by atoms with Crippen molar-refractivity contribution in [2.75, 3.05) is 27.0 Å². The first-order valence-corrected chi connectivity index (χ1v) is 11.3. The number of fused-ring (bicyclic) bond motifs is 1. The van der Waals surface area contributed by atoms with Gasteiger partial charge in [0.15, 0.2) is 11.5 Å². The van der Waals surface area contributed by atoms with E-state index in [0.717, 1.165) is 59.3 Å². The molecule has 1 N–H and O–H groups in total. The van der Waals surface area contributed by atoms with Gasteiger partial charge in [0.05, 0.1) is 12.7 Å². The number of para-hydroxylation sites is 2. The lowest BCUT2D eigenvalue weighted by molar-refractivity contribution is -0.0293. The van der Waals surface area contributed by atoms with Gasteiger partial charge in [0.1, 0.15) is 18.1 Å². The molecule has 2 aliphatic heterocycles. The van der Waals surface area contributed by atoms with Gasteiger partial charge in [-0.15, -0.1) is 0 Å². The molecule has 6 nitrogen and oxygen atoms in total. The first-order valence-electron chi connectivity index (χ1n) is 11.3. The van der Waals surface area contributed by atoms with Gasteiger partial charge in [0.25, 0.3) is 0 Å². The Labute approximate surface area is 194 Å². The van der Waals surface area contributed by atoms with Gasteiger partial charge in [0, 0.05) is 30.8 Å². The number of nitrogens with zero attached hydrogens (tertiary/aromatic N) is 1. The quantitative estimate of drug-likeness (QED) is 0.576. The van der Waals surface area contributed by atoms with Crippen LogP contribution in [-0.4, -0.2) is 37.0 Å². The first-order chi connectivity index (χ1) is 16.1. The monoisotopic (exact) mass is 447 g/mol. The molecule has 172 valence electrons. The summed E-state index contributed by atoms with van der Waals surface area (Å²) >= 11 is 0. The zero-order chi connectivity index (χ0) is 22.7. The summed E-state index contributed by atoms with van der Waals surface area (Å²) in [6, 6.07) is 21.8. The molecule has 0 saturated carbocycles. The van der Waals surface area contributed by atoms with Gasteiger partial charge in [-0.2, -0.15) is 0 Å². The molecule has 0 spiro atoms. The van der Waals surface area contributed by atoms with Crippen LogP contribution in [0.4, 0.5) is 0 Å². The summed E-state index contributed by atoms with van der Waals surface area (Å²) in [5, 5.41) is 11.3. The van der Waals surface area contributed by atoms with E-state index in [4.69, 9.17) is 18.9 Å². The fourth-order valence-corrected chi connectivity index (χ4v) is 4.59. The molecule has 0 radical (unpaired) electrons. The highest BCUT2D eigenvalue weighted by atomic mass is 16.7. The summed E-state index contributed by atoms with van der Waals surface area (Å²) in [7, 11) is 1.65. The third-order valence-corrected chi connectivity index (χ3v) is 6.49. The van der Waals surface area contributed by atoms with Crippen LogP contribution in [0.15, 0.2) is 66.7 Å². The maximum Gasteiger partial charge on any atom is 0.231 e. The molecule has 3 aromatic rings. The van der Waals surface area contributed by atoms with Gasteiger partial charge in [-0.05, 0) is 42.7 Å². The minimum Gasteiger partial charge on any atom is -0.496 e. The van der Waals surface area contributed by atoms with Crippen molar-refractivity contribution in [1.82, 2.24) is 4.90 Å². The number of rotatable bonds is 7. The largest absolute Gasteiger partial charge is 0.496 e. The summed E-state index contributed by atoms with van der Waals surface area (Å²) < 4.78 is 22.5. The van der Waals surface area contributed by atoms with Crippen LogP contribution in [0.3, 0.4) is 0 Å². The average Bonchev–Trinajstić information content (AvgIpc) is 3.33. The van der Waals surface area contributed by atoms with Gasteiger partial charge in [-0.25, -0.2) is 0 Å². The van der Waals surface area contributed by atoms with Crippen molar-refractivity contribution < 1.29 is 24.1 Å². The molecule has 3 aromatic carbocycles. The molecule has 0 unspecified atom stereocenters. The molecule has 0 atom stereocenters. The summed E-state index contributed by atoms with van der Waals surface area (Å²) in [6.07, 6.45) is 1.32. The predicted molar refractivity (Wildman–Crippen MR) is 125 cm³/mol. The van der Waals surface area contributed by atoms with Gasteiger partial charge in [-0.3, -0.25) is 4.90 Å². The minimum atomic E-state index is -0.863. The summed E-state index contributed by atoms with van der Waals surface area (Å²) in [5.74, 6) is 3.16. The number of methoxy groups -OCH3 is 1. The maximum absolute atomic E-state index is 11.3. The van der Waals surface area contributed by atoms with Crippen molar-refractivity contribution in [2.24, 2.45) is 0 Å². The Balaban J connectivity index is 1.22. The first kappa shape index (κ1) is 21.6. The number of benzene rings is 3. The third kappa shape index (κ3) is 4.63. The van der Waals surface area contributed by atoms with Crippen molar-refractivity contribution in [3.63, 3.8) is 0 Å². The Bertz CT molecular complexity index is 1110. The zero-order valence-corrected chi connectivity index (χ0v) is 18.8. The Hall–Kier alpha value is -3.22. The second-order valence-electron chi connectivity index (χ2n) is 8.59. The number of hydrogen-bond acceptors (Lipinski definition) is 6. The number of likely N-dealkylation sites (tertiary alicyclic amines) is 1. The molecule has 0 amide bonds. The van der Waals surface area contributed by atoms with Crippen molar-refractivity contribution in [1.29, 1.82) is 0 Å². The molecule has 33 heavy (non-hydrogen) atoms. The van der Waals surface area contributed by atoms with Gasteiger partial charge in [0.2, 0.25) is 6.79 Å². The van der Waals surface area contributed by atoms with E-state index in [1.54, 1.807) is 7.11 Å². The Morgan fingerprint density at radius 3 is 2.45 bits per heavy atom. The van der Waals surface area contributed by atoms with Crippen LogP contribution in [0.2, 0.25) is 0 Å². The van der Waals surface area contributed by atoms with Crippen LogP contribution < -0.4 is 18.9 Å². The Morgan fingerprint density at radius 1 is 0.909 bits per heavy atom. The smallest absolute Gasteiger partial charge is 0.231 e. The second kappa shape index (κ2) is 9.33. The lowest BCUT2D eigenvalue weighted by Crippen LogP contribution is -2.42. The van der Waals surface area contributed by atoms with E-state index in [2.05, 4.69) is 11.0 Å². The highest BCUT2D eigenvalue weighted by Gasteiger charge is 2.36. The van der Waals surface area contributed by atoms with Crippen LogP contribution >= 0.6 is 0 Å². The van der Waals surface area contributed by atoms with Gasteiger partial charge in [-0.1, -0.05) is 42.5 Å². The van der Waals surface area contributed by atoms with Crippen molar-refractivity contribution in [3.8, 4) is 23.0 Å². The molecular formula is C27H29NO5. The SMILES string of the molecule is COc1ccccc1C1(O)CCN(Cc2ccccc2OCc2ccc3c(c2)OCO3)CC1. The van der Waals surface area contributed by atoms with E-state index in [1.165, 1.54) is 0 Å². The maximum atomic E-state index is 11.3. The van der Waals surface area contributed by atoms with Crippen LogP contribution in [-0.2, 0) is 18.8 Å². The van der Waals surface area contributed by atoms with Gasteiger partial charge >= 0.3 is 0 Å². The van der Waals surface area contributed by atoms with Gasteiger partial charge < -0.3 is 24.1 Å². The Morgan fingerprint density at radius 2 is 1.64 bits per heavy atom. The molecule has 1 fully saturated rings. The molecule has 2 aliphatic rings. The topological polar surface area (TPSA) is 60.4 Å². The van der Waals surface area contributed by atoms with E-state index in [-0.39, 0.29) is 6.79 Å². The normalized spacial score (nSPS) is 17.0. The highest BCUT2D eigenvalue weighted by Crippen LogP contribution is 2.38. The zero-order valence-electron chi connectivity index (χ0n) is 18.8. The molecule has 6 heteroatoms. The number of piperidine rings is 1. The summed E-state index contributed by atoms with van der Waals surface area (Å²) in [4.78, 5) is 2.37. The average molecular weight is 448 g/mol. The molecular weight excluding hydrogens is 418 g/mol. The van der Waals surface area contributed by atoms with E-state index in [1.807, 2.05) is 60.7 Å². The second-order valence-corrected chi connectivity index (χ2v) is 8.59. The van der Waals surface area contributed by atoms with Crippen LogP contribution in [0.1, 0.15) is 29.5 Å². The van der Waals surface area contributed by atoms with Crippen molar-refractivity contribution in [2.45, 2.75) is 31.6 Å². The van der Waals surface area contributed by atoms with Crippen molar-refractivity contribution >= 4 is 0 Å². The summed E-state index contributed by atoms with van der Waals surface area (Å²) in [5.41, 5.74) is 2.19. The van der Waals surface area contributed by atoms with Crippen LogP contribution in [0, 0.1) is 0 Å². The Kier molecular flexibility index (Phi) is 6.11. The highest BCUT2D eigenvalue weighted by molar-refractivity contribution is 5.44. The summed E-state index contributed by atoms with van der Waals surface area (Å²) in [6.45, 7) is 3.10. The standard InChI is InChI=1S/C27H29NO5/c1-30-24-9-5-3-7-22(24)27(29)12-14-28(15-13-27)17-21-6-2-4-8-23(21)31-18-20-10-11-25-26(16-20)33-19-32-25/h2-11,16,29H,12-15,17-19H2,1H3. The molecule has 0 aliphatic carbocycles. The minimum absolute atomic E-state index is 0.268. The van der Waals surface area contributed by atoms with Crippen LogP contribution in [0.5, 0.6) is 23.0 Å². The van der Waals surface area contributed by atoms with E-state index < -0.39 is 5.60 Å². The lowest BCUT2D eigenvalue weighted by Gasteiger charge is -2.39. The molecule has 2 heterocycles. The fraction of sp³-hybridized carbons (Fsp3) is 0.333. The molecule has 1 saturated heterocycles. The predicted octanol–water partition coefficient (Wildman–Crippen LogP) is 4.49. The number of ether oxygens (including phenoxy) is 4. The van der Waals surface area contributed by atoms with E-state index in [9.17, 15) is 5.11 Å². The molecule has 0 bridgehead atoms. The lowest BCUT2D eigenvalue weighted by atomic mass is 9.83. The number of aliphatic hydroxyl groups is 1. The van der Waals surface area contributed by atoms with Crippen molar-refractivity contribution in [3.05, 3.63) is 83.4 Å². The molecule has 0 aromatic heterocycles. The fourth-order valence-electron chi connectivity index (χ4n) is 4.59. The van der Waals surface area contributed by atoms with E-state index >= 15 is 0 Å².